The molecule has 1 aliphatic heterocycles. The molecule has 1 heterocycles. The van der Waals surface area contributed by atoms with Gasteiger partial charge in [-0.2, -0.15) is 0 Å². The number of alkyl carbamates (subject to hydrolysis) is 1. The number of hydrogen-bond acceptors (Lipinski definition) is 6. The molecule has 9 heteroatoms. The van der Waals surface area contributed by atoms with Crippen LogP contribution in [0.5, 0.6) is 11.5 Å². The van der Waals surface area contributed by atoms with Crippen LogP contribution in [0.4, 0.5) is 4.79 Å². The fourth-order valence-corrected chi connectivity index (χ4v) is 5.38. The molecule has 1 aliphatic rings. The number of carbonyl (C=O) groups is 3. The lowest BCUT2D eigenvalue weighted by Gasteiger charge is -2.34. The molecule has 2 N–H and O–H groups in total. The van der Waals surface area contributed by atoms with Crippen molar-refractivity contribution in [3.05, 3.63) is 95.6 Å². The van der Waals surface area contributed by atoms with Crippen LogP contribution in [0.15, 0.2) is 78.9 Å². The Balaban J connectivity index is 1.62. The van der Waals surface area contributed by atoms with Crippen LogP contribution in [0.2, 0.25) is 0 Å². The van der Waals surface area contributed by atoms with Crippen molar-refractivity contribution in [3.8, 4) is 11.5 Å². The molecule has 9 nitrogen and oxygen atoms in total. The van der Waals surface area contributed by atoms with E-state index in [1.165, 1.54) is 0 Å². The minimum absolute atomic E-state index is 0.237. The zero-order valence-electron chi connectivity index (χ0n) is 25.5. The molecule has 1 saturated heterocycles. The maximum atomic E-state index is 14.4. The highest BCUT2D eigenvalue weighted by molar-refractivity contribution is 5.93. The molecule has 3 amide bonds. The van der Waals surface area contributed by atoms with Crippen LogP contribution in [0, 0.1) is 0 Å². The van der Waals surface area contributed by atoms with E-state index in [1.807, 2.05) is 72.8 Å². The van der Waals surface area contributed by atoms with Crippen LogP contribution in [0.25, 0.3) is 0 Å². The number of rotatable bonds is 10. The molecule has 0 bridgehead atoms. The molecule has 1 fully saturated rings. The number of nitrogens with one attached hydrogen (secondary N) is 2. The van der Waals surface area contributed by atoms with Gasteiger partial charge in [0.15, 0.2) is 0 Å². The third-order valence-electron chi connectivity index (χ3n) is 7.31. The van der Waals surface area contributed by atoms with Gasteiger partial charge in [-0.3, -0.25) is 9.59 Å². The summed E-state index contributed by atoms with van der Waals surface area (Å²) in [4.78, 5) is 42.7. The lowest BCUT2D eigenvalue weighted by atomic mass is 9.84. The van der Waals surface area contributed by atoms with Gasteiger partial charge in [-0.15, -0.1) is 0 Å². The third kappa shape index (κ3) is 8.28. The standard InChI is InChI=1S/C34H41N3O6/c1-34(2,3)43-33(40)36-30(29(24-13-8-6-9-14-24)25-15-10-7-11-16-25)32(39)37-18-12-17-28(37)31(38)35-22-23-19-26(41-4)21-27(20-23)42-5/h6-11,13-16,19-21,28-30H,12,17-18,22H2,1-5H3,(H,35,38)(H,36,40)/t28-,30+/m0/s1. The second kappa shape index (κ2) is 14.1. The first-order valence-electron chi connectivity index (χ1n) is 14.5. The summed E-state index contributed by atoms with van der Waals surface area (Å²) in [6, 6.07) is 22.9. The van der Waals surface area contributed by atoms with Crippen molar-refractivity contribution in [1.82, 2.24) is 15.5 Å². The van der Waals surface area contributed by atoms with Crippen LogP contribution in [-0.4, -0.2) is 61.3 Å². The Morgan fingerprint density at radius 3 is 1.95 bits per heavy atom. The number of nitrogens with zero attached hydrogens (tertiary/aromatic N) is 1. The Morgan fingerprint density at radius 2 is 1.44 bits per heavy atom. The van der Waals surface area contributed by atoms with E-state index in [1.54, 1.807) is 46.0 Å². The molecule has 0 aliphatic carbocycles. The van der Waals surface area contributed by atoms with Gasteiger partial charge in [0.2, 0.25) is 11.8 Å². The van der Waals surface area contributed by atoms with E-state index in [2.05, 4.69) is 10.6 Å². The summed E-state index contributed by atoms with van der Waals surface area (Å²) >= 11 is 0. The minimum atomic E-state index is -1.02. The van der Waals surface area contributed by atoms with E-state index in [-0.39, 0.29) is 18.4 Å². The highest BCUT2D eigenvalue weighted by Gasteiger charge is 2.42. The maximum absolute atomic E-state index is 14.4. The van der Waals surface area contributed by atoms with E-state index < -0.39 is 29.7 Å². The lowest BCUT2D eigenvalue weighted by Crippen LogP contribution is -2.56. The SMILES string of the molecule is COc1cc(CNC(=O)[C@@H]2CCCN2C(=O)[C@H](NC(=O)OC(C)(C)C)C(c2ccccc2)c2ccccc2)cc(OC)c1. The number of methoxy groups -OCH3 is 2. The summed E-state index contributed by atoms with van der Waals surface area (Å²) in [6.07, 6.45) is 0.478. The Morgan fingerprint density at radius 1 is 0.884 bits per heavy atom. The van der Waals surface area contributed by atoms with Gasteiger partial charge < -0.3 is 29.7 Å². The zero-order valence-corrected chi connectivity index (χ0v) is 25.5. The summed E-state index contributed by atoms with van der Waals surface area (Å²) in [5.41, 5.74) is 1.76. The number of carbonyl (C=O) groups excluding carboxylic acids is 3. The van der Waals surface area contributed by atoms with E-state index in [4.69, 9.17) is 14.2 Å². The van der Waals surface area contributed by atoms with Crippen molar-refractivity contribution in [2.45, 2.75) is 63.8 Å². The molecule has 0 aromatic heterocycles. The van der Waals surface area contributed by atoms with Crippen LogP contribution in [0.3, 0.4) is 0 Å². The number of likely N-dealkylation sites (tertiary alicyclic amines) is 1. The first-order chi connectivity index (χ1) is 20.6. The molecule has 4 rings (SSSR count). The van der Waals surface area contributed by atoms with Gasteiger partial charge in [0.05, 0.1) is 14.2 Å². The highest BCUT2D eigenvalue weighted by Crippen LogP contribution is 2.31. The molecule has 3 aromatic rings. The van der Waals surface area contributed by atoms with Crippen molar-refractivity contribution in [1.29, 1.82) is 0 Å². The first kappa shape index (κ1) is 31.4. The fourth-order valence-electron chi connectivity index (χ4n) is 5.38. The second-order valence-electron chi connectivity index (χ2n) is 11.6. The third-order valence-corrected chi connectivity index (χ3v) is 7.31. The van der Waals surface area contributed by atoms with Gasteiger partial charge in [-0.05, 0) is 62.4 Å². The lowest BCUT2D eigenvalue weighted by molar-refractivity contribution is -0.140. The molecule has 3 aromatic carbocycles. The van der Waals surface area contributed by atoms with E-state index in [0.717, 1.165) is 16.7 Å². The molecule has 0 saturated carbocycles. The summed E-state index contributed by atoms with van der Waals surface area (Å²) in [7, 11) is 3.14. The Bertz CT molecular complexity index is 1330. The van der Waals surface area contributed by atoms with Gasteiger partial charge in [-0.1, -0.05) is 60.7 Å². The monoisotopic (exact) mass is 587 g/mol. The normalized spacial score (nSPS) is 15.5. The number of hydrogen-bond donors (Lipinski definition) is 2. The largest absolute Gasteiger partial charge is 0.497 e. The molecule has 2 atom stereocenters. The summed E-state index contributed by atoms with van der Waals surface area (Å²) in [6.45, 7) is 5.95. The Labute approximate surface area is 253 Å². The summed E-state index contributed by atoms with van der Waals surface area (Å²) in [5.74, 6) is 0.107. The fraction of sp³-hybridized carbons (Fsp3) is 0.382. The number of ether oxygens (including phenoxy) is 3. The number of amides is 3. The minimum Gasteiger partial charge on any atom is -0.497 e. The van der Waals surface area contributed by atoms with Gasteiger partial charge in [-0.25, -0.2) is 4.79 Å². The van der Waals surface area contributed by atoms with E-state index in [0.29, 0.717) is 30.9 Å². The predicted octanol–water partition coefficient (Wildman–Crippen LogP) is 5.04. The molecule has 0 radical (unpaired) electrons. The Hall–Kier alpha value is -4.53. The molecule has 43 heavy (non-hydrogen) atoms. The first-order valence-corrected chi connectivity index (χ1v) is 14.5. The summed E-state index contributed by atoms with van der Waals surface area (Å²) in [5, 5.41) is 5.85. The van der Waals surface area contributed by atoms with Crippen LogP contribution < -0.4 is 20.1 Å². The van der Waals surface area contributed by atoms with Crippen molar-refractivity contribution in [3.63, 3.8) is 0 Å². The van der Waals surface area contributed by atoms with Gasteiger partial charge >= 0.3 is 6.09 Å². The van der Waals surface area contributed by atoms with Gasteiger partial charge in [0, 0.05) is 25.1 Å². The van der Waals surface area contributed by atoms with Crippen molar-refractivity contribution in [2.75, 3.05) is 20.8 Å². The average Bonchev–Trinajstić information content (AvgIpc) is 3.49. The quantitative estimate of drug-likeness (QED) is 0.345. The van der Waals surface area contributed by atoms with E-state index in [9.17, 15) is 14.4 Å². The van der Waals surface area contributed by atoms with E-state index >= 15 is 0 Å². The number of benzene rings is 3. The second-order valence-corrected chi connectivity index (χ2v) is 11.6. The topological polar surface area (TPSA) is 106 Å². The summed E-state index contributed by atoms with van der Waals surface area (Å²) < 4.78 is 16.3. The zero-order chi connectivity index (χ0) is 31.0. The smallest absolute Gasteiger partial charge is 0.408 e. The molecular formula is C34H41N3O6. The van der Waals surface area contributed by atoms with Crippen molar-refractivity contribution >= 4 is 17.9 Å². The van der Waals surface area contributed by atoms with Crippen molar-refractivity contribution in [2.24, 2.45) is 0 Å². The predicted molar refractivity (Wildman–Crippen MR) is 164 cm³/mol. The van der Waals surface area contributed by atoms with Gasteiger partial charge in [0.25, 0.3) is 0 Å². The van der Waals surface area contributed by atoms with Crippen molar-refractivity contribution < 1.29 is 28.6 Å². The Kier molecular flexibility index (Phi) is 10.3. The van der Waals surface area contributed by atoms with Gasteiger partial charge in [0.1, 0.15) is 29.2 Å². The molecule has 0 spiro atoms. The molecule has 228 valence electrons. The highest BCUT2D eigenvalue weighted by atomic mass is 16.6. The van der Waals surface area contributed by atoms with Crippen LogP contribution >= 0.6 is 0 Å². The average molecular weight is 588 g/mol. The van der Waals surface area contributed by atoms with Crippen LogP contribution in [-0.2, 0) is 20.9 Å². The van der Waals surface area contributed by atoms with Crippen LogP contribution in [0.1, 0.15) is 56.2 Å². The molecule has 0 unspecified atom stereocenters. The molecular weight excluding hydrogens is 546 g/mol. The maximum Gasteiger partial charge on any atom is 0.408 e.